The highest BCUT2D eigenvalue weighted by atomic mass is 79.9. The van der Waals surface area contributed by atoms with Crippen LogP contribution in [-0.2, 0) is 0 Å². The van der Waals surface area contributed by atoms with Crippen molar-refractivity contribution in [2.24, 2.45) is 5.73 Å². The van der Waals surface area contributed by atoms with Crippen molar-refractivity contribution in [1.29, 1.82) is 5.41 Å². The average molecular weight is 351 g/mol. The van der Waals surface area contributed by atoms with Crippen LogP contribution in [0.5, 0.6) is 0 Å². The maximum Gasteiger partial charge on any atom is 0.192 e. The Labute approximate surface area is 130 Å². The molecule has 20 heavy (non-hydrogen) atoms. The third kappa shape index (κ3) is 3.02. The standard InChI is InChI=1S/C14H15BrN4S/c1-7-8(2)18-14(19-9(7)3)20-11-6-4-5-10(15)12(11)13(16)17/h4-6H,1-3H3,(H3,16,17). The van der Waals surface area contributed by atoms with Gasteiger partial charge < -0.3 is 5.73 Å². The van der Waals surface area contributed by atoms with E-state index >= 15 is 0 Å². The third-order valence-corrected chi connectivity index (χ3v) is 4.64. The number of hydrogen-bond acceptors (Lipinski definition) is 4. The van der Waals surface area contributed by atoms with Crippen LogP contribution in [0.25, 0.3) is 0 Å². The molecule has 2 rings (SSSR count). The fraction of sp³-hybridized carbons (Fsp3) is 0.214. The van der Waals surface area contributed by atoms with E-state index in [1.54, 1.807) is 0 Å². The van der Waals surface area contributed by atoms with E-state index in [9.17, 15) is 0 Å². The third-order valence-electron chi connectivity index (χ3n) is 3.06. The van der Waals surface area contributed by atoms with Gasteiger partial charge in [0.1, 0.15) is 5.84 Å². The zero-order valence-electron chi connectivity index (χ0n) is 11.5. The Balaban J connectivity index is 2.45. The lowest BCUT2D eigenvalue weighted by Crippen LogP contribution is -2.13. The molecule has 0 radical (unpaired) electrons. The normalized spacial score (nSPS) is 10.6. The first-order chi connectivity index (χ1) is 9.40. The Bertz CT molecular complexity index is 662. The highest BCUT2D eigenvalue weighted by Gasteiger charge is 2.13. The number of halogens is 1. The first-order valence-electron chi connectivity index (χ1n) is 6.02. The molecule has 3 N–H and O–H groups in total. The average Bonchev–Trinajstić information content (AvgIpc) is 2.35. The van der Waals surface area contributed by atoms with E-state index in [4.69, 9.17) is 11.1 Å². The van der Waals surface area contributed by atoms with Crippen LogP contribution >= 0.6 is 27.7 Å². The summed E-state index contributed by atoms with van der Waals surface area (Å²) in [5, 5.41) is 8.37. The van der Waals surface area contributed by atoms with E-state index in [1.165, 1.54) is 11.8 Å². The highest BCUT2D eigenvalue weighted by Crippen LogP contribution is 2.32. The number of hydrogen-bond donors (Lipinski definition) is 2. The molecule has 0 atom stereocenters. The Morgan fingerprint density at radius 3 is 2.35 bits per heavy atom. The van der Waals surface area contributed by atoms with Crippen molar-refractivity contribution >= 4 is 33.5 Å². The number of nitrogen functional groups attached to an aromatic ring is 1. The summed E-state index contributed by atoms with van der Waals surface area (Å²) in [6.07, 6.45) is 0. The molecule has 0 fully saturated rings. The molecule has 0 saturated carbocycles. The summed E-state index contributed by atoms with van der Waals surface area (Å²) < 4.78 is 0.801. The van der Waals surface area contributed by atoms with Crippen molar-refractivity contribution in [3.05, 3.63) is 45.2 Å². The minimum Gasteiger partial charge on any atom is -0.384 e. The Morgan fingerprint density at radius 1 is 1.20 bits per heavy atom. The molecular formula is C14H15BrN4S. The van der Waals surface area contributed by atoms with Gasteiger partial charge in [-0.2, -0.15) is 0 Å². The monoisotopic (exact) mass is 350 g/mol. The Kier molecular flexibility index (Phi) is 4.45. The smallest absolute Gasteiger partial charge is 0.192 e. The maximum atomic E-state index is 7.70. The zero-order valence-corrected chi connectivity index (χ0v) is 13.9. The molecule has 0 aliphatic heterocycles. The largest absolute Gasteiger partial charge is 0.384 e. The van der Waals surface area contributed by atoms with Gasteiger partial charge in [-0.3, -0.25) is 5.41 Å². The van der Waals surface area contributed by atoms with Gasteiger partial charge in [0.25, 0.3) is 0 Å². The van der Waals surface area contributed by atoms with Crippen molar-refractivity contribution < 1.29 is 0 Å². The SMILES string of the molecule is Cc1nc(Sc2cccc(Br)c2C(=N)N)nc(C)c1C. The Morgan fingerprint density at radius 2 is 1.80 bits per heavy atom. The molecule has 0 aliphatic rings. The minimum absolute atomic E-state index is 0.0283. The maximum absolute atomic E-state index is 7.70. The van der Waals surface area contributed by atoms with Crippen molar-refractivity contribution in [3.63, 3.8) is 0 Å². The zero-order chi connectivity index (χ0) is 14.9. The lowest BCUT2D eigenvalue weighted by atomic mass is 10.2. The lowest BCUT2D eigenvalue weighted by molar-refractivity contribution is 0.881. The predicted octanol–water partition coefficient (Wildman–Crippen LogP) is 3.60. The molecule has 0 bridgehead atoms. The summed E-state index contributed by atoms with van der Waals surface area (Å²) in [4.78, 5) is 9.84. The number of nitrogens with zero attached hydrogens (tertiary/aromatic N) is 2. The molecule has 1 heterocycles. The fourth-order valence-electron chi connectivity index (χ4n) is 1.74. The van der Waals surface area contributed by atoms with Crippen LogP contribution in [-0.4, -0.2) is 15.8 Å². The molecule has 4 nitrogen and oxygen atoms in total. The second-order valence-corrected chi connectivity index (χ2v) is 6.29. The topological polar surface area (TPSA) is 75.7 Å². The van der Waals surface area contributed by atoms with Crippen LogP contribution in [0.3, 0.4) is 0 Å². The van der Waals surface area contributed by atoms with Crippen molar-refractivity contribution in [1.82, 2.24) is 9.97 Å². The van der Waals surface area contributed by atoms with E-state index in [1.807, 2.05) is 39.0 Å². The van der Waals surface area contributed by atoms with E-state index in [0.717, 1.165) is 26.3 Å². The summed E-state index contributed by atoms with van der Waals surface area (Å²) in [7, 11) is 0. The number of aromatic nitrogens is 2. The molecule has 1 aromatic carbocycles. The van der Waals surface area contributed by atoms with Crippen LogP contribution in [0, 0.1) is 26.2 Å². The van der Waals surface area contributed by atoms with Gasteiger partial charge in [0.05, 0.1) is 0 Å². The van der Waals surface area contributed by atoms with E-state index in [0.29, 0.717) is 10.7 Å². The number of benzene rings is 1. The van der Waals surface area contributed by atoms with Gasteiger partial charge in [0.2, 0.25) is 0 Å². The van der Waals surface area contributed by atoms with Crippen LogP contribution < -0.4 is 5.73 Å². The second-order valence-electron chi connectivity index (χ2n) is 4.43. The number of nitrogens with two attached hydrogens (primary N) is 1. The number of rotatable bonds is 3. The molecule has 104 valence electrons. The van der Waals surface area contributed by atoms with Gasteiger partial charge in [-0.05, 0) is 66.2 Å². The molecule has 6 heteroatoms. The first-order valence-corrected chi connectivity index (χ1v) is 7.63. The molecule has 0 aliphatic carbocycles. The predicted molar refractivity (Wildman–Crippen MR) is 85.5 cm³/mol. The van der Waals surface area contributed by atoms with Crippen LogP contribution in [0.15, 0.2) is 32.7 Å². The van der Waals surface area contributed by atoms with E-state index in [2.05, 4.69) is 25.9 Å². The van der Waals surface area contributed by atoms with Crippen molar-refractivity contribution in [3.8, 4) is 0 Å². The Hall–Kier alpha value is -1.40. The fourth-order valence-corrected chi connectivity index (χ4v) is 3.48. The van der Waals surface area contributed by atoms with Crippen LogP contribution in [0.1, 0.15) is 22.5 Å². The highest BCUT2D eigenvalue weighted by molar-refractivity contribution is 9.10. The molecule has 2 aromatic rings. The summed E-state index contributed by atoms with van der Waals surface area (Å²) in [5.74, 6) is 0.0283. The first kappa shape index (κ1) is 15.0. The van der Waals surface area contributed by atoms with Gasteiger partial charge in [-0.15, -0.1) is 0 Å². The summed E-state index contributed by atoms with van der Waals surface area (Å²) >= 11 is 4.85. The number of amidine groups is 1. The number of aryl methyl sites for hydroxylation is 2. The summed E-state index contributed by atoms with van der Waals surface area (Å²) in [6.45, 7) is 5.96. The summed E-state index contributed by atoms with van der Waals surface area (Å²) in [5.41, 5.74) is 9.38. The van der Waals surface area contributed by atoms with E-state index < -0.39 is 0 Å². The molecule has 0 saturated heterocycles. The summed E-state index contributed by atoms with van der Waals surface area (Å²) in [6, 6.07) is 5.69. The van der Waals surface area contributed by atoms with Gasteiger partial charge in [0.15, 0.2) is 5.16 Å². The van der Waals surface area contributed by atoms with Gasteiger partial charge in [-0.1, -0.05) is 6.07 Å². The second kappa shape index (κ2) is 5.93. The van der Waals surface area contributed by atoms with Gasteiger partial charge in [0, 0.05) is 26.3 Å². The van der Waals surface area contributed by atoms with Crippen molar-refractivity contribution in [2.75, 3.05) is 0 Å². The lowest BCUT2D eigenvalue weighted by Gasteiger charge is -2.10. The molecule has 0 spiro atoms. The van der Waals surface area contributed by atoms with Gasteiger partial charge >= 0.3 is 0 Å². The van der Waals surface area contributed by atoms with Gasteiger partial charge in [-0.25, -0.2) is 9.97 Å². The molecule has 0 amide bonds. The molecule has 0 unspecified atom stereocenters. The van der Waals surface area contributed by atoms with E-state index in [-0.39, 0.29) is 5.84 Å². The van der Waals surface area contributed by atoms with Crippen molar-refractivity contribution in [2.45, 2.75) is 30.8 Å². The van der Waals surface area contributed by atoms with Crippen LogP contribution in [0.4, 0.5) is 0 Å². The number of nitrogens with one attached hydrogen (secondary N) is 1. The molecular weight excluding hydrogens is 336 g/mol. The minimum atomic E-state index is 0.0283. The van der Waals surface area contributed by atoms with Crippen LogP contribution in [0.2, 0.25) is 0 Å². The quantitative estimate of drug-likeness (QED) is 0.503. The molecule has 1 aromatic heterocycles.